The number of amides is 1. The summed E-state index contributed by atoms with van der Waals surface area (Å²) in [6.07, 6.45) is 1.82. The van der Waals surface area contributed by atoms with Gasteiger partial charge in [-0.25, -0.2) is 0 Å². The molecule has 1 aromatic carbocycles. The summed E-state index contributed by atoms with van der Waals surface area (Å²) < 4.78 is 0. The molecule has 0 aliphatic rings. The molecule has 5 heteroatoms. The van der Waals surface area contributed by atoms with E-state index in [9.17, 15) is 4.79 Å². The number of nitrogens with two attached hydrogens (primary N) is 1. The van der Waals surface area contributed by atoms with Crippen LogP contribution < -0.4 is 5.73 Å². The lowest BCUT2D eigenvalue weighted by atomic mass is 10.1. The highest BCUT2D eigenvalue weighted by molar-refractivity contribution is 6.30. The fourth-order valence-electron chi connectivity index (χ4n) is 2.00. The molecule has 0 aliphatic heterocycles. The Hall–Kier alpha value is -2.07. The van der Waals surface area contributed by atoms with Crippen molar-refractivity contribution in [3.8, 4) is 0 Å². The highest BCUT2D eigenvalue weighted by Gasteiger charge is 2.18. The van der Waals surface area contributed by atoms with Crippen molar-refractivity contribution in [2.45, 2.75) is 19.4 Å². The molecule has 1 amide bonds. The summed E-state index contributed by atoms with van der Waals surface area (Å²) in [5.41, 5.74) is 7.93. The zero-order valence-corrected chi connectivity index (χ0v) is 12.8. The third kappa shape index (κ3) is 3.95. The number of hydrogen-bond acceptors (Lipinski definition) is 3. The lowest BCUT2D eigenvalue weighted by Gasteiger charge is -2.25. The van der Waals surface area contributed by atoms with E-state index in [1.165, 1.54) is 0 Å². The SMILES string of the molecule is CC(c1ccc(Cl)cc1)N(C)C(=O)Cc1ccc(N)cn1. The highest BCUT2D eigenvalue weighted by atomic mass is 35.5. The van der Waals surface area contributed by atoms with Crippen molar-refractivity contribution in [2.24, 2.45) is 0 Å². The largest absolute Gasteiger partial charge is 0.397 e. The second-order valence-electron chi connectivity index (χ2n) is 4.99. The van der Waals surface area contributed by atoms with Crippen LogP contribution in [-0.4, -0.2) is 22.8 Å². The molecule has 0 fully saturated rings. The summed E-state index contributed by atoms with van der Waals surface area (Å²) >= 11 is 5.88. The molecule has 0 aliphatic carbocycles. The molecule has 110 valence electrons. The summed E-state index contributed by atoms with van der Waals surface area (Å²) in [4.78, 5) is 18.2. The molecule has 1 atom stereocenters. The predicted octanol–water partition coefficient (Wildman–Crippen LogP) is 3.08. The van der Waals surface area contributed by atoms with E-state index in [0.29, 0.717) is 16.4 Å². The molecule has 0 bridgehead atoms. The molecule has 1 heterocycles. The Morgan fingerprint density at radius 2 is 1.95 bits per heavy atom. The minimum atomic E-state index is -0.0245. The fourth-order valence-corrected chi connectivity index (χ4v) is 2.13. The van der Waals surface area contributed by atoms with Crippen LogP contribution in [0.4, 0.5) is 5.69 Å². The molecule has 1 unspecified atom stereocenters. The van der Waals surface area contributed by atoms with Crippen LogP contribution in [0.2, 0.25) is 5.02 Å². The Bertz CT molecular complexity index is 610. The van der Waals surface area contributed by atoms with Gasteiger partial charge in [0.05, 0.1) is 24.3 Å². The smallest absolute Gasteiger partial charge is 0.228 e. The number of pyridine rings is 1. The van der Waals surface area contributed by atoms with Crippen LogP contribution in [0.1, 0.15) is 24.2 Å². The molecular weight excluding hydrogens is 286 g/mol. The van der Waals surface area contributed by atoms with Gasteiger partial charge in [-0.1, -0.05) is 23.7 Å². The minimum Gasteiger partial charge on any atom is -0.397 e. The lowest BCUT2D eigenvalue weighted by molar-refractivity contribution is -0.131. The van der Waals surface area contributed by atoms with Crippen LogP contribution in [0.25, 0.3) is 0 Å². The quantitative estimate of drug-likeness (QED) is 0.944. The number of aromatic nitrogens is 1. The Labute approximate surface area is 129 Å². The molecule has 21 heavy (non-hydrogen) atoms. The number of benzene rings is 1. The molecule has 0 radical (unpaired) electrons. The average molecular weight is 304 g/mol. The van der Waals surface area contributed by atoms with Crippen LogP contribution >= 0.6 is 11.6 Å². The lowest BCUT2D eigenvalue weighted by Crippen LogP contribution is -2.31. The number of hydrogen-bond donors (Lipinski definition) is 1. The van der Waals surface area contributed by atoms with Gasteiger partial charge in [-0.3, -0.25) is 9.78 Å². The first-order valence-corrected chi connectivity index (χ1v) is 7.06. The molecule has 0 saturated heterocycles. The molecular formula is C16H18ClN3O. The van der Waals surface area contributed by atoms with Crippen molar-refractivity contribution >= 4 is 23.2 Å². The number of carbonyl (C=O) groups is 1. The van der Waals surface area contributed by atoms with E-state index in [1.54, 1.807) is 30.3 Å². The maximum absolute atomic E-state index is 12.3. The van der Waals surface area contributed by atoms with Crippen molar-refractivity contribution in [1.29, 1.82) is 0 Å². The van der Waals surface area contributed by atoms with Crippen LogP contribution in [0, 0.1) is 0 Å². The first-order chi connectivity index (χ1) is 9.97. The standard InChI is InChI=1S/C16H18ClN3O/c1-11(12-3-5-13(17)6-4-12)20(2)16(21)9-15-8-7-14(18)10-19-15/h3-8,10-11H,9,18H2,1-2H3. The monoisotopic (exact) mass is 303 g/mol. The zero-order chi connectivity index (χ0) is 15.4. The van der Waals surface area contributed by atoms with Gasteiger partial charge in [0.15, 0.2) is 0 Å². The zero-order valence-electron chi connectivity index (χ0n) is 12.1. The van der Waals surface area contributed by atoms with Gasteiger partial charge < -0.3 is 10.6 Å². The van der Waals surface area contributed by atoms with E-state index in [1.807, 2.05) is 31.2 Å². The molecule has 2 N–H and O–H groups in total. The van der Waals surface area contributed by atoms with Crippen LogP contribution in [0.5, 0.6) is 0 Å². The van der Waals surface area contributed by atoms with E-state index in [0.717, 1.165) is 5.56 Å². The predicted molar refractivity (Wildman–Crippen MR) is 85.0 cm³/mol. The third-order valence-electron chi connectivity index (χ3n) is 3.51. The number of nitrogen functional groups attached to an aromatic ring is 1. The van der Waals surface area contributed by atoms with Crippen molar-refractivity contribution in [3.63, 3.8) is 0 Å². The van der Waals surface area contributed by atoms with E-state index in [4.69, 9.17) is 17.3 Å². The van der Waals surface area contributed by atoms with Gasteiger partial charge in [-0.05, 0) is 36.8 Å². The van der Waals surface area contributed by atoms with Gasteiger partial charge in [0.2, 0.25) is 5.91 Å². The second kappa shape index (κ2) is 6.59. The van der Waals surface area contributed by atoms with Crippen LogP contribution in [0.3, 0.4) is 0 Å². The van der Waals surface area contributed by atoms with Gasteiger partial charge >= 0.3 is 0 Å². The van der Waals surface area contributed by atoms with Crippen molar-refractivity contribution in [1.82, 2.24) is 9.88 Å². The van der Waals surface area contributed by atoms with E-state index >= 15 is 0 Å². The summed E-state index contributed by atoms with van der Waals surface area (Å²) in [5, 5.41) is 0.686. The number of halogens is 1. The van der Waals surface area contributed by atoms with Crippen molar-refractivity contribution in [2.75, 3.05) is 12.8 Å². The molecule has 2 aromatic rings. The Balaban J connectivity index is 2.04. The summed E-state index contributed by atoms with van der Waals surface area (Å²) in [7, 11) is 1.79. The van der Waals surface area contributed by atoms with Crippen LogP contribution in [-0.2, 0) is 11.2 Å². The number of rotatable bonds is 4. The maximum atomic E-state index is 12.3. The summed E-state index contributed by atoms with van der Waals surface area (Å²) in [6.45, 7) is 1.98. The van der Waals surface area contributed by atoms with Crippen molar-refractivity contribution < 1.29 is 4.79 Å². The fraction of sp³-hybridized carbons (Fsp3) is 0.250. The van der Waals surface area contributed by atoms with Gasteiger partial charge in [0.25, 0.3) is 0 Å². The molecule has 0 saturated carbocycles. The number of nitrogens with zero attached hydrogens (tertiary/aromatic N) is 2. The number of carbonyl (C=O) groups excluding carboxylic acids is 1. The van der Waals surface area contributed by atoms with Gasteiger partial charge in [-0.2, -0.15) is 0 Å². The second-order valence-corrected chi connectivity index (χ2v) is 5.43. The Morgan fingerprint density at radius 1 is 1.29 bits per heavy atom. The summed E-state index contributed by atoms with van der Waals surface area (Å²) in [6, 6.07) is 11.0. The maximum Gasteiger partial charge on any atom is 0.228 e. The van der Waals surface area contributed by atoms with Crippen LogP contribution in [0.15, 0.2) is 42.6 Å². The van der Waals surface area contributed by atoms with E-state index < -0.39 is 0 Å². The van der Waals surface area contributed by atoms with E-state index in [-0.39, 0.29) is 18.4 Å². The number of likely N-dealkylation sites (N-methyl/N-ethyl adjacent to an activating group) is 1. The third-order valence-corrected chi connectivity index (χ3v) is 3.76. The van der Waals surface area contributed by atoms with Crippen molar-refractivity contribution in [3.05, 3.63) is 58.9 Å². The summed E-state index contributed by atoms with van der Waals surface area (Å²) in [5.74, 6) is 0.00900. The average Bonchev–Trinajstić information content (AvgIpc) is 2.49. The molecule has 4 nitrogen and oxygen atoms in total. The Morgan fingerprint density at radius 3 is 2.52 bits per heavy atom. The molecule has 2 rings (SSSR count). The van der Waals surface area contributed by atoms with Gasteiger partial charge in [-0.15, -0.1) is 0 Å². The highest BCUT2D eigenvalue weighted by Crippen LogP contribution is 2.21. The molecule has 1 aromatic heterocycles. The first kappa shape index (κ1) is 15.3. The number of anilines is 1. The van der Waals surface area contributed by atoms with E-state index in [2.05, 4.69) is 4.98 Å². The first-order valence-electron chi connectivity index (χ1n) is 6.69. The van der Waals surface area contributed by atoms with Gasteiger partial charge in [0.1, 0.15) is 0 Å². The van der Waals surface area contributed by atoms with Gasteiger partial charge in [0, 0.05) is 17.8 Å². The topological polar surface area (TPSA) is 59.2 Å². The normalized spacial score (nSPS) is 12.0. The Kier molecular flexibility index (Phi) is 4.81. The molecule has 0 spiro atoms. The minimum absolute atomic E-state index is 0.00900.